The van der Waals surface area contributed by atoms with Crippen LogP contribution < -0.4 is 9.80 Å². The van der Waals surface area contributed by atoms with Crippen molar-refractivity contribution in [2.45, 2.75) is 0 Å². The van der Waals surface area contributed by atoms with Crippen molar-refractivity contribution in [3.05, 3.63) is 78.2 Å². The summed E-state index contributed by atoms with van der Waals surface area (Å²) in [5, 5.41) is 0.525. The molecule has 0 unspecified atom stereocenters. The van der Waals surface area contributed by atoms with Crippen molar-refractivity contribution in [1.29, 1.82) is 0 Å². The molecule has 2 heterocycles. The number of carbonyl (C=O) groups is 1. The first kappa shape index (κ1) is 18.3. The number of anilines is 3. The average Bonchev–Trinajstić information content (AvgIpc) is 2.76. The number of hydrogen-bond donors (Lipinski definition) is 0. The van der Waals surface area contributed by atoms with Gasteiger partial charge in [-0.05, 0) is 24.3 Å². The number of halogens is 1. The Morgan fingerprint density at radius 2 is 1.46 bits per heavy atom. The number of amides is 2. The Hall–Kier alpha value is -3.12. The van der Waals surface area contributed by atoms with Gasteiger partial charge in [-0.15, -0.1) is 0 Å². The second kappa shape index (κ2) is 8.27. The molecule has 0 bridgehead atoms. The standard InChI is InChI=1S/C21H20ClN5O/c22-19-15-23-16-24-20(19)25-11-13-26(14-12-25)21(28)27(17-7-3-1-4-8-17)18-9-5-2-6-10-18/h1-10,15-16H,11-14H2. The Labute approximate surface area is 169 Å². The highest BCUT2D eigenvalue weighted by Crippen LogP contribution is 2.28. The van der Waals surface area contributed by atoms with Crippen molar-refractivity contribution in [2.75, 3.05) is 36.0 Å². The van der Waals surface area contributed by atoms with Crippen LogP contribution in [0.4, 0.5) is 22.0 Å². The van der Waals surface area contributed by atoms with E-state index in [2.05, 4.69) is 14.9 Å². The van der Waals surface area contributed by atoms with Crippen LogP contribution in [0.5, 0.6) is 0 Å². The quantitative estimate of drug-likeness (QED) is 0.668. The number of para-hydroxylation sites is 2. The normalized spacial score (nSPS) is 14.0. The molecule has 0 radical (unpaired) electrons. The molecule has 6 nitrogen and oxygen atoms in total. The van der Waals surface area contributed by atoms with Crippen LogP contribution in [0.3, 0.4) is 0 Å². The SMILES string of the molecule is O=C(N1CCN(c2ncncc2Cl)CC1)N(c1ccccc1)c1ccccc1. The Balaban J connectivity index is 1.53. The number of hydrogen-bond acceptors (Lipinski definition) is 4. The molecule has 0 spiro atoms. The molecule has 0 N–H and O–H groups in total. The summed E-state index contributed by atoms with van der Waals surface area (Å²) in [4.78, 5) is 27.3. The minimum atomic E-state index is -0.0363. The number of piperazine rings is 1. The molecule has 3 aromatic rings. The second-order valence-corrected chi connectivity index (χ2v) is 6.86. The molecule has 7 heteroatoms. The van der Waals surface area contributed by atoms with Gasteiger partial charge in [0.25, 0.3) is 0 Å². The molecule has 0 aliphatic carbocycles. The molecule has 2 aromatic carbocycles. The lowest BCUT2D eigenvalue weighted by atomic mass is 10.2. The van der Waals surface area contributed by atoms with Crippen LogP contribution in [-0.4, -0.2) is 47.1 Å². The van der Waals surface area contributed by atoms with Crippen molar-refractivity contribution in [2.24, 2.45) is 0 Å². The molecule has 1 fully saturated rings. The summed E-state index contributed by atoms with van der Waals surface area (Å²) in [5.41, 5.74) is 1.69. The van der Waals surface area contributed by atoms with E-state index in [1.165, 1.54) is 6.33 Å². The summed E-state index contributed by atoms with van der Waals surface area (Å²) in [6, 6.07) is 19.4. The number of carbonyl (C=O) groups excluding carboxylic acids is 1. The summed E-state index contributed by atoms with van der Waals surface area (Å²) >= 11 is 6.21. The van der Waals surface area contributed by atoms with Crippen molar-refractivity contribution < 1.29 is 4.79 Å². The van der Waals surface area contributed by atoms with Gasteiger partial charge in [0.2, 0.25) is 0 Å². The van der Waals surface area contributed by atoms with E-state index in [-0.39, 0.29) is 6.03 Å². The molecule has 1 aromatic heterocycles. The molecule has 1 aliphatic rings. The third-order valence-corrected chi connectivity index (χ3v) is 4.98. The fourth-order valence-corrected chi connectivity index (χ4v) is 3.54. The predicted molar refractivity (Wildman–Crippen MR) is 111 cm³/mol. The molecule has 2 amide bonds. The summed E-state index contributed by atoms with van der Waals surface area (Å²) in [6.45, 7) is 2.52. The van der Waals surface area contributed by atoms with Gasteiger partial charge in [0, 0.05) is 26.2 Å². The maximum Gasteiger partial charge on any atom is 0.329 e. The lowest BCUT2D eigenvalue weighted by Gasteiger charge is -2.38. The van der Waals surface area contributed by atoms with Gasteiger partial charge in [0.1, 0.15) is 11.3 Å². The summed E-state index contributed by atoms with van der Waals surface area (Å²) in [6.07, 6.45) is 3.08. The molecular weight excluding hydrogens is 374 g/mol. The molecule has 142 valence electrons. The van der Waals surface area contributed by atoms with E-state index in [4.69, 9.17) is 11.6 Å². The lowest BCUT2D eigenvalue weighted by Crippen LogP contribution is -2.52. The molecule has 1 saturated heterocycles. The van der Waals surface area contributed by atoms with Gasteiger partial charge in [-0.2, -0.15) is 0 Å². The zero-order chi connectivity index (χ0) is 19.3. The predicted octanol–water partition coefficient (Wildman–Crippen LogP) is 4.21. The van der Waals surface area contributed by atoms with Crippen LogP contribution in [0.15, 0.2) is 73.2 Å². The first-order valence-electron chi connectivity index (χ1n) is 9.13. The topological polar surface area (TPSA) is 52.6 Å². The molecule has 0 saturated carbocycles. The molecule has 1 aliphatic heterocycles. The van der Waals surface area contributed by atoms with Crippen molar-refractivity contribution in [3.63, 3.8) is 0 Å². The van der Waals surface area contributed by atoms with Crippen molar-refractivity contribution in [1.82, 2.24) is 14.9 Å². The minimum absolute atomic E-state index is 0.0363. The smallest absolute Gasteiger partial charge is 0.329 e. The van der Waals surface area contributed by atoms with Crippen LogP contribution in [0.2, 0.25) is 5.02 Å². The van der Waals surface area contributed by atoms with Gasteiger partial charge in [-0.3, -0.25) is 4.90 Å². The van der Waals surface area contributed by atoms with Gasteiger partial charge in [0.05, 0.1) is 17.6 Å². The number of aromatic nitrogens is 2. The van der Waals surface area contributed by atoms with Crippen molar-refractivity contribution in [3.8, 4) is 0 Å². The monoisotopic (exact) mass is 393 g/mol. The van der Waals surface area contributed by atoms with Crippen LogP contribution in [-0.2, 0) is 0 Å². The van der Waals surface area contributed by atoms with E-state index in [0.717, 1.165) is 11.4 Å². The zero-order valence-corrected chi connectivity index (χ0v) is 16.0. The van der Waals surface area contributed by atoms with Crippen LogP contribution >= 0.6 is 11.6 Å². The Morgan fingerprint density at radius 1 is 0.893 bits per heavy atom. The van der Waals surface area contributed by atoms with Gasteiger partial charge in [-0.25, -0.2) is 14.8 Å². The third kappa shape index (κ3) is 3.77. The molecule has 28 heavy (non-hydrogen) atoms. The molecule has 0 atom stereocenters. The van der Waals surface area contributed by atoms with Crippen LogP contribution in [0, 0.1) is 0 Å². The summed E-state index contributed by atoms with van der Waals surface area (Å²) in [7, 11) is 0. The Kier molecular flexibility index (Phi) is 5.39. The minimum Gasteiger partial charge on any atom is -0.352 e. The van der Waals surface area contributed by atoms with E-state index in [1.54, 1.807) is 11.1 Å². The largest absolute Gasteiger partial charge is 0.352 e. The fraction of sp³-hybridized carbons (Fsp3) is 0.190. The van der Waals surface area contributed by atoms with Crippen molar-refractivity contribution >= 4 is 34.8 Å². The first-order valence-corrected chi connectivity index (χ1v) is 9.51. The van der Waals surface area contributed by atoms with E-state index < -0.39 is 0 Å². The number of urea groups is 1. The highest BCUT2D eigenvalue weighted by molar-refractivity contribution is 6.32. The van der Waals surface area contributed by atoms with E-state index >= 15 is 0 Å². The molecular formula is C21H20ClN5O. The summed E-state index contributed by atoms with van der Waals surface area (Å²) < 4.78 is 0. The highest BCUT2D eigenvalue weighted by atomic mass is 35.5. The fourth-order valence-electron chi connectivity index (χ4n) is 3.31. The number of benzene rings is 2. The van der Waals surface area contributed by atoms with Gasteiger partial charge in [0.15, 0.2) is 5.82 Å². The maximum atomic E-state index is 13.4. The zero-order valence-electron chi connectivity index (χ0n) is 15.3. The third-order valence-electron chi connectivity index (χ3n) is 4.72. The lowest BCUT2D eigenvalue weighted by molar-refractivity contribution is 0.203. The first-order chi connectivity index (χ1) is 13.7. The van der Waals surface area contributed by atoms with Crippen LogP contribution in [0.1, 0.15) is 0 Å². The van der Waals surface area contributed by atoms with Crippen LogP contribution in [0.25, 0.3) is 0 Å². The Morgan fingerprint density at radius 3 is 2.00 bits per heavy atom. The Bertz CT molecular complexity index is 890. The molecule has 4 rings (SSSR count). The van der Waals surface area contributed by atoms with Gasteiger partial charge in [-0.1, -0.05) is 48.0 Å². The number of nitrogens with zero attached hydrogens (tertiary/aromatic N) is 5. The summed E-state index contributed by atoms with van der Waals surface area (Å²) in [5.74, 6) is 0.715. The average molecular weight is 394 g/mol. The van der Waals surface area contributed by atoms with E-state index in [0.29, 0.717) is 37.0 Å². The second-order valence-electron chi connectivity index (χ2n) is 6.46. The maximum absolute atomic E-state index is 13.4. The number of rotatable bonds is 3. The van der Waals surface area contributed by atoms with E-state index in [1.807, 2.05) is 65.6 Å². The van der Waals surface area contributed by atoms with Gasteiger partial charge < -0.3 is 9.80 Å². The van der Waals surface area contributed by atoms with E-state index in [9.17, 15) is 4.79 Å². The highest BCUT2D eigenvalue weighted by Gasteiger charge is 2.28. The van der Waals surface area contributed by atoms with Gasteiger partial charge >= 0.3 is 6.03 Å².